The fourth-order valence-electron chi connectivity index (χ4n) is 0.598. The molecule has 0 aliphatic carbocycles. The van der Waals surface area contributed by atoms with Gasteiger partial charge in [0, 0.05) is 0 Å². The van der Waals surface area contributed by atoms with E-state index in [9.17, 15) is 4.79 Å². The normalized spacial score (nSPS) is 10.9. The lowest BCUT2D eigenvalue weighted by Crippen LogP contribution is -2.32. The quantitative estimate of drug-likeness (QED) is 0.558. The van der Waals surface area contributed by atoms with E-state index >= 15 is 0 Å². The molecule has 0 rings (SSSR count). The summed E-state index contributed by atoms with van der Waals surface area (Å²) in [6, 6.07) is 0. The fourth-order valence-corrected chi connectivity index (χ4v) is 1.87. The zero-order valence-corrected chi connectivity index (χ0v) is 9.05. The average molecular weight is 207 g/mol. The number of thiocarbonyl (C=S) groups is 1. The van der Waals surface area contributed by atoms with Gasteiger partial charge in [-0.3, -0.25) is 4.79 Å². The van der Waals surface area contributed by atoms with E-state index in [4.69, 9.17) is 10.5 Å². The first kappa shape index (κ1) is 11.7. The molecule has 0 bridgehead atoms. The van der Waals surface area contributed by atoms with Crippen molar-refractivity contribution in [2.45, 2.75) is 25.5 Å². The van der Waals surface area contributed by atoms with Crippen LogP contribution in [0.2, 0.25) is 0 Å². The highest BCUT2D eigenvalue weighted by Crippen LogP contribution is 2.25. The molecule has 0 aliphatic rings. The van der Waals surface area contributed by atoms with Gasteiger partial charge in [0.1, 0.15) is 9.07 Å². The minimum absolute atomic E-state index is 0.257. The second kappa shape index (κ2) is 4.67. The molecule has 0 saturated heterocycles. The van der Waals surface area contributed by atoms with Crippen LogP contribution in [0, 0.1) is 0 Å². The third kappa shape index (κ3) is 3.92. The van der Waals surface area contributed by atoms with E-state index in [1.807, 2.05) is 0 Å². The summed E-state index contributed by atoms with van der Waals surface area (Å²) in [7, 11) is 0. The Hall–Kier alpha value is -0.290. The Bertz CT molecular complexity index is 192. The lowest BCUT2D eigenvalue weighted by Gasteiger charge is -2.20. The Balaban J connectivity index is 4.18. The molecule has 0 aromatic heterocycles. The maximum atomic E-state index is 11.2. The van der Waals surface area contributed by atoms with Gasteiger partial charge >= 0.3 is 5.97 Å². The number of carbonyl (C=O) groups is 1. The third-order valence-corrected chi connectivity index (χ3v) is 2.25. The van der Waals surface area contributed by atoms with Crippen molar-refractivity contribution in [3.05, 3.63) is 0 Å². The molecule has 12 heavy (non-hydrogen) atoms. The summed E-state index contributed by atoms with van der Waals surface area (Å²) in [4.78, 5) is 11.2. The summed E-state index contributed by atoms with van der Waals surface area (Å²) < 4.78 is 4.41. The number of rotatable bonds is 3. The van der Waals surface area contributed by atoms with Crippen LogP contribution < -0.4 is 5.73 Å². The second-order valence-corrected chi connectivity index (χ2v) is 5.01. The maximum absolute atomic E-state index is 11.2. The minimum Gasteiger partial charge on any atom is -0.465 e. The lowest BCUT2D eigenvalue weighted by molar-refractivity contribution is -0.145. The zero-order valence-electron chi connectivity index (χ0n) is 7.42. The van der Waals surface area contributed by atoms with E-state index in [1.165, 1.54) is 0 Å². The highest BCUT2D eigenvalue weighted by Gasteiger charge is 2.30. The Morgan fingerprint density at radius 1 is 1.67 bits per heavy atom. The number of ether oxygens (including phenoxy) is 1. The van der Waals surface area contributed by atoms with Gasteiger partial charge in [-0.1, -0.05) is 24.0 Å². The summed E-state index contributed by atoms with van der Waals surface area (Å²) >= 11 is 5.82. The van der Waals surface area contributed by atoms with Gasteiger partial charge in [-0.2, -0.15) is 0 Å². The Morgan fingerprint density at radius 2 is 2.17 bits per heavy atom. The van der Waals surface area contributed by atoms with E-state index in [-0.39, 0.29) is 10.3 Å². The first-order chi connectivity index (χ1) is 5.40. The molecule has 0 fully saturated rings. The summed E-state index contributed by atoms with van der Waals surface area (Å²) in [6.45, 7) is 5.60. The molecular weight excluding hydrogens is 194 g/mol. The Morgan fingerprint density at radius 3 is 2.50 bits per heavy atom. The van der Waals surface area contributed by atoms with Crippen LogP contribution in [0.1, 0.15) is 20.8 Å². The molecule has 70 valence electrons. The van der Waals surface area contributed by atoms with Crippen LogP contribution in [-0.4, -0.2) is 21.6 Å². The summed E-state index contributed by atoms with van der Waals surface area (Å²) in [5, 5.41) is 0. The van der Waals surface area contributed by atoms with Crippen LogP contribution in [-0.2, 0) is 9.53 Å². The summed E-state index contributed by atoms with van der Waals surface area (Å²) in [5.74, 6) is -0.289. The molecule has 0 aromatic rings. The molecule has 0 spiro atoms. The standard InChI is InChI=1S/C7H13NO2S2/c1-4-10-5(9)7(2,3)12-6(8)11/h4H2,1-3H3,(H2,8,11). The van der Waals surface area contributed by atoms with Crippen LogP contribution in [0.3, 0.4) is 0 Å². The van der Waals surface area contributed by atoms with Crippen LogP contribution in [0.5, 0.6) is 0 Å². The van der Waals surface area contributed by atoms with Gasteiger partial charge < -0.3 is 10.5 Å². The number of hydrogen-bond donors (Lipinski definition) is 1. The Kier molecular flexibility index (Phi) is 4.55. The highest BCUT2D eigenvalue weighted by molar-refractivity contribution is 8.24. The number of carbonyl (C=O) groups excluding carboxylic acids is 1. The van der Waals surface area contributed by atoms with Gasteiger partial charge in [-0.25, -0.2) is 0 Å². The van der Waals surface area contributed by atoms with Crippen molar-refractivity contribution in [3.63, 3.8) is 0 Å². The number of esters is 1. The topological polar surface area (TPSA) is 52.3 Å². The van der Waals surface area contributed by atoms with E-state index < -0.39 is 4.75 Å². The summed E-state index contributed by atoms with van der Waals surface area (Å²) in [5.41, 5.74) is 5.30. The smallest absolute Gasteiger partial charge is 0.322 e. The first-order valence-corrected chi connectivity index (χ1v) is 4.78. The van der Waals surface area contributed by atoms with Gasteiger partial charge in [0.15, 0.2) is 0 Å². The molecule has 0 radical (unpaired) electrons. The third-order valence-electron chi connectivity index (χ3n) is 1.12. The van der Waals surface area contributed by atoms with Gasteiger partial charge in [-0.15, -0.1) is 0 Å². The van der Waals surface area contributed by atoms with Crippen LogP contribution >= 0.6 is 24.0 Å². The Labute approximate surface area is 82.0 Å². The molecule has 0 aromatic carbocycles. The molecule has 5 heteroatoms. The molecule has 0 saturated carbocycles. The predicted octanol–water partition coefficient (Wildman–Crippen LogP) is 1.30. The van der Waals surface area contributed by atoms with E-state index in [2.05, 4.69) is 12.2 Å². The molecule has 0 aliphatic heterocycles. The van der Waals surface area contributed by atoms with Crippen molar-refractivity contribution in [2.75, 3.05) is 6.61 Å². The predicted molar refractivity (Wildman–Crippen MR) is 55.1 cm³/mol. The van der Waals surface area contributed by atoms with Crippen LogP contribution in [0.15, 0.2) is 0 Å². The van der Waals surface area contributed by atoms with Gasteiger partial charge in [0.2, 0.25) is 0 Å². The fraction of sp³-hybridized carbons (Fsp3) is 0.714. The van der Waals surface area contributed by atoms with E-state index in [0.29, 0.717) is 6.61 Å². The van der Waals surface area contributed by atoms with Crippen LogP contribution in [0.4, 0.5) is 0 Å². The summed E-state index contributed by atoms with van der Waals surface area (Å²) in [6.07, 6.45) is 0. The molecule has 0 atom stereocenters. The molecule has 0 amide bonds. The monoisotopic (exact) mass is 207 g/mol. The van der Waals surface area contributed by atoms with Gasteiger partial charge in [0.25, 0.3) is 0 Å². The van der Waals surface area contributed by atoms with Crippen molar-refractivity contribution >= 4 is 34.3 Å². The van der Waals surface area contributed by atoms with E-state index in [1.54, 1.807) is 20.8 Å². The van der Waals surface area contributed by atoms with Gasteiger partial charge in [0.05, 0.1) is 6.61 Å². The number of hydrogen-bond acceptors (Lipinski definition) is 4. The van der Waals surface area contributed by atoms with Crippen molar-refractivity contribution in [2.24, 2.45) is 5.73 Å². The molecule has 0 unspecified atom stereocenters. The largest absolute Gasteiger partial charge is 0.465 e. The molecular formula is C7H13NO2S2. The maximum Gasteiger partial charge on any atom is 0.322 e. The number of nitrogens with two attached hydrogens (primary N) is 1. The highest BCUT2D eigenvalue weighted by atomic mass is 32.2. The van der Waals surface area contributed by atoms with Gasteiger partial charge in [-0.05, 0) is 20.8 Å². The molecule has 2 N–H and O–H groups in total. The minimum atomic E-state index is -0.679. The van der Waals surface area contributed by atoms with Crippen molar-refractivity contribution in [1.82, 2.24) is 0 Å². The average Bonchev–Trinajstić information content (AvgIpc) is 1.85. The first-order valence-electron chi connectivity index (χ1n) is 3.56. The zero-order chi connectivity index (χ0) is 9.78. The lowest BCUT2D eigenvalue weighted by atomic mass is 10.2. The van der Waals surface area contributed by atoms with Crippen molar-refractivity contribution in [3.8, 4) is 0 Å². The second-order valence-electron chi connectivity index (χ2n) is 2.65. The molecule has 3 nitrogen and oxygen atoms in total. The van der Waals surface area contributed by atoms with Crippen LogP contribution in [0.25, 0.3) is 0 Å². The van der Waals surface area contributed by atoms with Crippen molar-refractivity contribution < 1.29 is 9.53 Å². The van der Waals surface area contributed by atoms with E-state index in [0.717, 1.165) is 11.8 Å². The SMILES string of the molecule is CCOC(=O)C(C)(C)SC(N)=S. The molecule has 0 heterocycles. The van der Waals surface area contributed by atoms with Crippen molar-refractivity contribution in [1.29, 1.82) is 0 Å². The number of thioether (sulfide) groups is 1.